The Balaban J connectivity index is 1.39. The lowest BCUT2D eigenvalue weighted by Gasteiger charge is -2.36. The Labute approximate surface area is 188 Å². The van der Waals surface area contributed by atoms with Crippen molar-refractivity contribution in [1.29, 1.82) is 0 Å². The fraction of sp³-hybridized carbons (Fsp3) is 0.200. The lowest BCUT2D eigenvalue weighted by molar-refractivity contribution is -0.137. The minimum absolute atomic E-state index is 0.134. The summed E-state index contributed by atoms with van der Waals surface area (Å²) in [5, 5.41) is 0.748. The van der Waals surface area contributed by atoms with Gasteiger partial charge in [0.15, 0.2) is 5.76 Å². The molecule has 2 aromatic heterocycles. The van der Waals surface area contributed by atoms with Gasteiger partial charge in [-0.15, -0.1) is 0 Å². The molecule has 2 aromatic carbocycles. The van der Waals surface area contributed by atoms with Gasteiger partial charge in [0, 0.05) is 37.3 Å². The molecule has 1 aliphatic rings. The van der Waals surface area contributed by atoms with E-state index in [9.17, 15) is 18.0 Å². The molecule has 8 heteroatoms. The number of halogens is 3. The predicted octanol–water partition coefficient (Wildman–Crippen LogP) is 5.48. The number of aromatic nitrogens is 1. The Kier molecular flexibility index (Phi) is 5.28. The number of benzene rings is 2. The number of furan rings is 1. The first-order valence-electron chi connectivity index (χ1n) is 10.6. The van der Waals surface area contributed by atoms with E-state index in [2.05, 4.69) is 4.98 Å². The molecule has 0 atom stereocenters. The number of nitrogens with zero attached hydrogens (tertiary/aromatic N) is 3. The maximum Gasteiger partial charge on any atom is 0.416 e. The number of amides is 1. The largest absolute Gasteiger partial charge is 0.463 e. The number of hydrogen-bond acceptors (Lipinski definition) is 4. The zero-order valence-electron chi connectivity index (χ0n) is 17.5. The molecule has 4 aromatic rings. The first-order valence-corrected chi connectivity index (χ1v) is 10.6. The van der Waals surface area contributed by atoms with Crippen LogP contribution in [0.3, 0.4) is 0 Å². The molecular formula is C25H20F3N3O2. The summed E-state index contributed by atoms with van der Waals surface area (Å²) in [6, 6.07) is 18.0. The molecule has 1 fully saturated rings. The van der Waals surface area contributed by atoms with Crippen molar-refractivity contribution in [3.05, 3.63) is 84.1 Å². The molecule has 0 saturated carbocycles. The van der Waals surface area contributed by atoms with Crippen molar-refractivity contribution in [3.63, 3.8) is 0 Å². The third kappa shape index (κ3) is 4.16. The third-order valence-corrected chi connectivity index (χ3v) is 5.83. The van der Waals surface area contributed by atoms with E-state index in [1.54, 1.807) is 35.4 Å². The Morgan fingerprint density at radius 2 is 1.70 bits per heavy atom. The first kappa shape index (κ1) is 21.1. The average Bonchev–Trinajstić information content (AvgIpc) is 3.38. The van der Waals surface area contributed by atoms with E-state index >= 15 is 0 Å². The van der Waals surface area contributed by atoms with Gasteiger partial charge in [0.25, 0.3) is 5.91 Å². The molecule has 5 nitrogen and oxygen atoms in total. The SMILES string of the molecule is O=C(c1cc(-c2ccco2)nc2ccccc12)N1CCN(c2cccc(C(F)(F)F)c2)CC1. The van der Waals surface area contributed by atoms with Crippen molar-refractivity contribution in [1.82, 2.24) is 9.88 Å². The molecule has 0 spiro atoms. The van der Waals surface area contributed by atoms with E-state index in [4.69, 9.17) is 4.42 Å². The molecule has 0 unspecified atom stereocenters. The lowest BCUT2D eigenvalue weighted by Crippen LogP contribution is -2.48. The lowest BCUT2D eigenvalue weighted by atomic mass is 10.0. The highest BCUT2D eigenvalue weighted by molar-refractivity contribution is 6.07. The van der Waals surface area contributed by atoms with Crippen molar-refractivity contribution in [2.75, 3.05) is 31.1 Å². The van der Waals surface area contributed by atoms with E-state index in [0.717, 1.165) is 17.5 Å². The molecule has 0 aliphatic carbocycles. The van der Waals surface area contributed by atoms with E-state index in [0.29, 0.717) is 54.4 Å². The van der Waals surface area contributed by atoms with Crippen LogP contribution in [0, 0.1) is 0 Å². The summed E-state index contributed by atoms with van der Waals surface area (Å²) in [4.78, 5) is 21.7. The van der Waals surface area contributed by atoms with Crippen LogP contribution in [0.15, 0.2) is 77.4 Å². The second-order valence-corrected chi connectivity index (χ2v) is 7.88. The maximum absolute atomic E-state index is 13.5. The topological polar surface area (TPSA) is 49.6 Å². The average molecular weight is 451 g/mol. The second-order valence-electron chi connectivity index (χ2n) is 7.88. The molecule has 1 amide bonds. The van der Waals surface area contributed by atoms with Gasteiger partial charge in [-0.2, -0.15) is 13.2 Å². The monoisotopic (exact) mass is 451 g/mol. The molecule has 0 N–H and O–H groups in total. The minimum Gasteiger partial charge on any atom is -0.463 e. The van der Waals surface area contributed by atoms with Crippen LogP contribution < -0.4 is 4.90 Å². The third-order valence-electron chi connectivity index (χ3n) is 5.83. The van der Waals surface area contributed by atoms with Gasteiger partial charge in [0.1, 0.15) is 5.69 Å². The molecule has 168 valence electrons. The number of piperazine rings is 1. The van der Waals surface area contributed by atoms with Crippen molar-refractivity contribution in [2.24, 2.45) is 0 Å². The molecule has 3 heterocycles. The fourth-order valence-electron chi connectivity index (χ4n) is 4.12. The number of para-hydroxylation sites is 1. The van der Waals surface area contributed by atoms with Gasteiger partial charge in [0.2, 0.25) is 0 Å². The minimum atomic E-state index is -4.39. The Bertz CT molecular complexity index is 1290. The summed E-state index contributed by atoms with van der Waals surface area (Å²) in [7, 11) is 0. The van der Waals surface area contributed by atoms with Crippen LogP contribution in [0.4, 0.5) is 18.9 Å². The highest BCUT2D eigenvalue weighted by atomic mass is 19.4. The standard InChI is InChI=1S/C25H20F3N3O2/c26-25(27,28)17-5-3-6-18(15-17)30-10-12-31(13-11-30)24(32)20-16-22(23-9-4-14-33-23)29-21-8-2-1-7-19(20)21/h1-9,14-16H,10-13H2. The number of pyridine rings is 1. The van der Waals surface area contributed by atoms with Crippen molar-refractivity contribution >= 4 is 22.5 Å². The smallest absolute Gasteiger partial charge is 0.416 e. The summed E-state index contributed by atoms with van der Waals surface area (Å²) in [5.74, 6) is 0.439. The number of hydrogen-bond donors (Lipinski definition) is 0. The number of carbonyl (C=O) groups excluding carboxylic acids is 1. The predicted molar refractivity (Wildman–Crippen MR) is 119 cm³/mol. The van der Waals surface area contributed by atoms with Gasteiger partial charge >= 0.3 is 6.18 Å². The summed E-state index contributed by atoms with van der Waals surface area (Å²) in [6.45, 7) is 1.70. The van der Waals surface area contributed by atoms with Crippen molar-refractivity contribution < 1.29 is 22.4 Å². The second kappa shape index (κ2) is 8.27. The van der Waals surface area contributed by atoms with E-state index in [-0.39, 0.29) is 5.91 Å². The normalized spacial score (nSPS) is 14.6. The fourth-order valence-corrected chi connectivity index (χ4v) is 4.12. The number of rotatable bonds is 3. The van der Waals surface area contributed by atoms with Gasteiger partial charge in [-0.1, -0.05) is 24.3 Å². The molecular weight excluding hydrogens is 431 g/mol. The quantitative estimate of drug-likeness (QED) is 0.414. The molecule has 1 aliphatic heterocycles. The Hall–Kier alpha value is -3.81. The molecule has 33 heavy (non-hydrogen) atoms. The molecule has 0 bridgehead atoms. The summed E-state index contributed by atoms with van der Waals surface area (Å²) in [5.41, 5.74) is 1.63. The van der Waals surface area contributed by atoms with Gasteiger partial charge in [0.05, 0.1) is 22.9 Å². The van der Waals surface area contributed by atoms with Crippen LogP contribution in [0.1, 0.15) is 15.9 Å². The van der Waals surface area contributed by atoms with Gasteiger partial charge in [-0.3, -0.25) is 4.79 Å². The molecule has 5 rings (SSSR count). The molecule has 1 saturated heterocycles. The van der Waals surface area contributed by atoms with E-state index in [1.165, 1.54) is 6.07 Å². The van der Waals surface area contributed by atoms with Crippen LogP contribution >= 0.6 is 0 Å². The van der Waals surface area contributed by atoms with Crippen LogP contribution in [-0.4, -0.2) is 42.0 Å². The van der Waals surface area contributed by atoms with Crippen LogP contribution in [0.5, 0.6) is 0 Å². The van der Waals surface area contributed by atoms with Crippen LogP contribution in [0.2, 0.25) is 0 Å². The Morgan fingerprint density at radius 1 is 0.909 bits per heavy atom. The van der Waals surface area contributed by atoms with Crippen LogP contribution in [-0.2, 0) is 6.18 Å². The number of anilines is 1. The van der Waals surface area contributed by atoms with Crippen LogP contribution in [0.25, 0.3) is 22.4 Å². The van der Waals surface area contributed by atoms with Gasteiger partial charge < -0.3 is 14.2 Å². The number of fused-ring (bicyclic) bond motifs is 1. The number of carbonyl (C=O) groups is 1. The highest BCUT2D eigenvalue weighted by Crippen LogP contribution is 2.32. The first-order chi connectivity index (χ1) is 15.9. The van der Waals surface area contributed by atoms with Gasteiger partial charge in [-0.05, 0) is 42.5 Å². The van der Waals surface area contributed by atoms with Crippen molar-refractivity contribution in [3.8, 4) is 11.5 Å². The summed E-state index contributed by atoms with van der Waals surface area (Å²) >= 11 is 0. The highest BCUT2D eigenvalue weighted by Gasteiger charge is 2.31. The van der Waals surface area contributed by atoms with E-state index < -0.39 is 11.7 Å². The molecule has 0 radical (unpaired) electrons. The summed E-state index contributed by atoms with van der Waals surface area (Å²) < 4.78 is 44.7. The zero-order chi connectivity index (χ0) is 23.0. The zero-order valence-corrected chi connectivity index (χ0v) is 17.5. The Morgan fingerprint density at radius 3 is 2.42 bits per heavy atom. The van der Waals surface area contributed by atoms with Crippen molar-refractivity contribution in [2.45, 2.75) is 6.18 Å². The number of alkyl halides is 3. The van der Waals surface area contributed by atoms with Gasteiger partial charge in [-0.25, -0.2) is 4.98 Å². The summed E-state index contributed by atoms with van der Waals surface area (Å²) in [6.07, 6.45) is -2.83. The maximum atomic E-state index is 13.5. The van der Waals surface area contributed by atoms with E-state index in [1.807, 2.05) is 29.2 Å².